The molecule has 3 heterocycles. The highest BCUT2D eigenvalue weighted by molar-refractivity contribution is 5.94. The highest BCUT2D eigenvalue weighted by atomic mass is 16.6. The van der Waals surface area contributed by atoms with Gasteiger partial charge in [0.15, 0.2) is 0 Å². The Bertz CT molecular complexity index is 651. The summed E-state index contributed by atoms with van der Waals surface area (Å²) in [5.74, 6) is 0.558. The van der Waals surface area contributed by atoms with Crippen LogP contribution in [0.3, 0.4) is 0 Å². The number of rotatable bonds is 3. The monoisotopic (exact) mass is 346 g/mol. The summed E-state index contributed by atoms with van der Waals surface area (Å²) in [7, 11) is 0. The maximum Gasteiger partial charge on any atom is 0.253 e. The van der Waals surface area contributed by atoms with Crippen LogP contribution in [0, 0.1) is 5.92 Å². The number of carbonyl (C=O) groups is 2. The van der Waals surface area contributed by atoms with Crippen LogP contribution < -0.4 is 4.90 Å². The first-order valence-corrected chi connectivity index (χ1v) is 8.70. The summed E-state index contributed by atoms with van der Waals surface area (Å²) in [5.41, 5.74) is -0.0743. The van der Waals surface area contributed by atoms with Crippen molar-refractivity contribution >= 4 is 17.5 Å². The molecule has 25 heavy (non-hydrogen) atoms. The van der Waals surface area contributed by atoms with Crippen molar-refractivity contribution in [1.82, 2.24) is 14.9 Å². The summed E-state index contributed by atoms with van der Waals surface area (Å²) >= 11 is 0. The molecule has 1 saturated carbocycles. The number of morpholine rings is 1. The molecule has 1 atom stereocenters. The Morgan fingerprint density at radius 1 is 1.28 bits per heavy atom. The molecule has 2 aliphatic heterocycles. The Kier molecular flexibility index (Phi) is 4.39. The lowest BCUT2D eigenvalue weighted by atomic mass is 10.0. The van der Waals surface area contributed by atoms with Crippen LogP contribution in [0.15, 0.2) is 18.7 Å². The summed E-state index contributed by atoms with van der Waals surface area (Å²) in [6, 6.07) is 0. The molecule has 8 nitrogen and oxygen atoms in total. The smallest absolute Gasteiger partial charge is 0.253 e. The van der Waals surface area contributed by atoms with Crippen molar-refractivity contribution in [3.8, 4) is 0 Å². The molecule has 1 aliphatic carbocycles. The van der Waals surface area contributed by atoms with E-state index in [1.54, 1.807) is 17.3 Å². The number of amides is 2. The van der Waals surface area contributed by atoms with Gasteiger partial charge in [0.25, 0.3) is 5.91 Å². The lowest BCUT2D eigenvalue weighted by Gasteiger charge is -2.42. The van der Waals surface area contributed by atoms with Crippen LogP contribution in [0.25, 0.3) is 0 Å². The van der Waals surface area contributed by atoms with Gasteiger partial charge >= 0.3 is 0 Å². The quantitative estimate of drug-likeness (QED) is 0.779. The number of carbonyl (C=O) groups excluding carboxylic acids is 2. The summed E-state index contributed by atoms with van der Waals surface area (Å²) in [5, 5.41) is 0. The molecule has 3 aliphatic rings. The molecular weight excluding hydrogens is 324 g/mol. The van der Waals surface area contributed by atoms with E-state index in [1.165, 1.54) is 6.33 Å². The molecule has 1 unspecified atom stereocenters. The van der Waals surface area contributed by atoms with E-state index in [0.29, 0.717) is 50.9 Å². The average molecular weight is 346 g/mol. The van der Waals surface area contributed by atoms with Gasteiger partial charge in [0.2, 0.25) is 5.91 Å². The van der Waals surface area contributed by atoms with E-state index in [-0.39, 0.29) is 18.4 Å². The van der Waals surface area contributed by atoms with Gasteiger partial charge in [-0.15, -0.1) is 0 Å². The fourth-order valence-corrected chi connectivity index (χ4v) is 3.38. The van der Waals surface area contributed by atoms with Gasteiger partial charge in [0.05, 0.1) is 44.4 Å². The summed E-state index contributed by atoms with van der Waals surface area (Å²) < 4.78 is 11.6. The van der Waals surface area contributed by atoms with E-state index < -0.39 is 5.60 Å². The molecule has 1 spiro atoms. The van der Waals surface area contributed by atoms with Crippen LogP contribution in [0.5, 0.6) is 0 Å². The van der Waals surface area contributed by atoms with Crippen molar-refractivity contribution in [3.63, 3.8) is 0 Å². The molecule has 0 radical (unpaired) electrons. The van der Waals surface area contributed by atoms with Gasteiger partial charge in [-0.1, -0.05) is 0 Å². The summed E-state index contributed by atoms with van der Waals surface area (Å²) in [6.45, 7) is 2.14. The van der Waals surface area contributed by atoms with Crippen molar-refractivity contribution in [1.29, 1.82) is 0 Å². The third kappa shape index (κ3) is 3.64. The van der Waals surface area contributed by atoms with E-state index in [2.05, 4.69) is 9.97 Å². The standard InChI is InChI=1S/C17H22N4O4/c22-15(5-13-1-2-13)20-3-4-24-11-17(9-20)10-21(16(23)8-25-17)14-6-18-12-19-7-14/h6-7,12-13H,1-5,8-11H2. The molecule has 2 saturated heterocycles. The molecule has 8 heteroatoms. The SMILES string of the molecule is O=C(CC1CC1)N1CCOCC2(C1)CN(c1cncnc1)C(=O)CO2. The van der Waals surface area contributed by atoms with Gasteiger partial charge in [0, 0.05) is 13.0 Å². The molecule has 0 N–H and O–H groups in total. The van der Waals surface area contributed by atoms with Gasteiger partial charge < -0.3 is 19.3 Å². The first kappa shape index (κ1) is 16.4. The molecule has 0 aromatic carbocycles. The van der Waals surface area contributed by atoms with Crippen molar-refractivity contribution < 1.29 is 19.1 Å². The Morgan fingerprint density at radius 3 is 2.84 bits per heavy atom. The predicted octanol–water partition coefficient (Wildman–Crippen LogP) is 0.238. The minimum atomic E-state index is -0.709. The Morgan fingerprint density at radius 2 is 2.08 bits per heavy atom. The zero-order valence-corrected chi connectivity index (χ0v) is 14.1. The van der Waals surface area contributed by atoms with Crippen LogP contribution in [0.4, 0.5) is 5.69 Å². The predicted molar refractivity (Wildman–Crippen MR) is 87.8 cm³/mol. The maximum atomic E-state index is 12.6. The fraction of sp³-hybridized carbons (Fsp3) is 0.647. The van der Waals surface area contributed by atoms with Crippen molar-refractivity contribution in [2.24, 2.45) is 5.92 Å². The molecule has 1 aromatic heterocycles. The van der Waals surface area contributed by atoms with E-state index in [9.17, 15) is 9.59 Å². The van der Waals surface area contributed by atoms with Gasteiger partial charge in [-0.3, -0.25) is 9.59 Å². The van der Waals surface area contributed by atoms with Crippen molar-refractivity contribution in [2.75, 3.05) is 44.4 Å². The van der Waals surface area contributed by atoms with Gasteiger partial charge in [-0.05, 0) is 18.8 Å². The van der Waals surface area contributed by atoms with Gasteiger partial charge in [-0.2, -0.15) is 0 Å². The first-order chi connectivity index (χ1) is 12.2. The normalized spacial score (nSPS) is 27.4. The second-order valence-corrected chi connectivity index (χ2v) is 7.06. The van der Waals surface area contributed by atoms with Crippen molar-refractivity contribution in [2.45, 2.75) is 24.9 Å². The topological polar surface area (TPSA) is 84.9 Å². The molecule has 1 aromatic rings. The zero-order chi connectivity index (χ0) is 17.3. The molecule has 2 amide bonds. The Balaban J connectivity index is 1.52. The van der Waals surface area contributed by atoms with Crippen molar-refractivity contribution in [3.05, 3.63) is 18.7 Å². The van der Waals surface area contributed by atoms with Crippen LogP contribution >= 0.6 is 0 Å². The fourth-order valence-electron chi connectivity index (χ4n) is 3.38. The number of nitrogens with zero attached hydrogens (tertiary/aromatic N) is 4. The second kappa shape index (κ2) is 6.68. The largest absolute Gasteiger partial charge is 0.376 e. The van der Waals surface area contributed by atoms with Crippen LogP contribution in [0.2, 0.25) is 0 Å². The highest BCUT2D eigenvalue weighted by Crippen LogP contribution is 2.33. The van der Waals surface area contributed by atoms with Crippen LogP contribution in [0.1, 0.15) is 19.3 Å². The lowest BCUT2D eigenvalue weighted by Crippen LogP contribution is -2.61. The third-order valence-corrected chi connectivity index (χ3v) is 4.97. The maximum absolute atomic E-state index is 12.6. The van der Waals surface area contributed by atoms with E-state index in [4.69, 9.17) is 9.47 Å². The molecule has 3 fully saturated rings. The molecule has 0 bridgehead atoms. The Hall–Kier alpha value is -2.06. The van der Waals surface area contributed by atoms with E-state index in [1.807, 2.05) is 4.90 Å². The highest BCUT2D eigenvalue weighted by Gasteiger charge is 2.44. The number of anilines is 1. The van der Waals surface area contributed by atoms with Crippen LogP contribution in [-0.2, 0) is 19.1 Å². The molecular formula is C17H22N4O4. The minimum absolute atomic E-state index is 0.0388. The Labute approximate surface area is 146 Å². The molecule has 134 valence electrons. The number of hydrogen-bond donors (Lipinski definition) is 0. The van der Waals surface area contributed by atoms with Gasteiger partial charge in [-0.25, -0.2) is 9.97 Å². The minimum Gasteiger partial charge on any atom is -0.376 e. The van der Waals surface area contributed by atoms with E-state index in [0.717, 1.165) is 12.8 Å². The number of aromatic nitrogens is 2. The van der Waals surface area contributed by atoms with Crippen LogP contribution in [-0.4, -0.2) is 71.7 Å². The number of ether oxygens (including phenoxy) is 2. The average Bonchev–Trinajstić information content (AvgIpc) is 3.46. The third-order valence-electron chi connectivity index (χ3n) is 4.97. The van der Waals surface area contributed by atoms with Gasteiger partial charge in [0.1, 0.15) is 18.5 Å². The first-order valence-electron chi connectivity index (χ1n) is 8.70. The number of hydrogen-bond acceptors (Lipinski definition) is 6. The second-order valence-electron chi connectivity index (χ2n) is 7.06. The lowest BCUT2D eigenvalue weighted by molar-refractivity contribution is -0.149. The summed E-state index contributed by atoms with van der Waals surface area (Å²) in [6.07, 6.45) is 7.54. The summed E-state index contributed by atoms with van der Waals surface area (Å²) in [4.78, 5) is 36.3. The zero-order valence-electron chi connectivity index (χ0n) is 14.1. The molecule has 4 rings (SSSR count). The van der Waals surface area contributed by atoms with E-state index >= 15 is 0 Å².